The number of nitrogens with zero attached hydrogens (tertiary/aromatic N) is 2. The molecule has 0 aliphatic rings. The molecule has 3 aromatic rings. The van der Waals surface area contributed by atoms with Gasteiger partial charge in [-0.15, -0.1) is 0 Å². The molecule has 0 saturated carbocycles. The van der Waals surface area contributed by atoms with Crippen LogP contribution in [0.3, 0.4) is 0 Å². The van der Waals surface area contributed by atoms with E-state index in [1.54, 1.807) is 37.8 Å². The van der Waals surface area contributed by atoms with Crippen LogP contribution in [0.15, 0.2) is 43.0 Å². The number of carboxylic acids is 1. The molecule has 0 bridgehead atoms. The van der Waals surface area contributed by atoms with E-state index in [-0.39, 0.29) is 6.54 Å². The molecule has 10 heteroatoms. The van der Waals surface area contributed by atoms with Gasteiger partial charge in [-0.1, -0.05) is 0 Å². The zero-order valence-corrected chi connectivity index (χ0v) is 18.6. The predicted molar refractivity (Wildman–Crippen MR) is 120 cm³/mol. The Balaban J connectivity index is 1.82. The molecular formula is C21H19F2IN4O3. The lowest BCUT2D eigenvalue weighted by Crippen LogP contribution is -2.27. The number of hydrogen-bond acceptors (Lipinski definition) is 4. The van der Waals surface area contributed by atoms with Crippen LogP contribution in [0.1, 0.15) is 32.7 Å². The van der Waals surface area contributed by atoms with Crippen molar-refractivity contribution in [2.24, 2.45) is 0 Å². The van der Waals surface area contributed by atoms with Crippen molar-refractivity contribution < 1.29 is 23.5 Å². The van der Waals surface area contributed by atoms with Gasteiger partial charge in [0.15, 0.2) is 11.6 Å². The Bertz CT molecular complexity index is 1120. The van der Waals surface area contributed by atoms with Crippen molar-refractivity contribution in [3.05, 3.63) is 74.9 Å². The lowest BCUT2D eigenvalue weighted by molar-refractivity contribution is 0.0697. The summed E-state index contributed by atoms with van der Waals surface area (Å²) in [5, 5.41) is 14.7. The van der Waals surface area contributed by atoms with Gasteiger partial charge in [-0.2, -0.15) is 0 Å². The highest BCUT2D eigenvalue weighted by atomic mass is 127. The summed E-state index contributed by atoms with van der Waals surface area (Å²) in [6.07, 6.45) is 5.54. The summed E-state index contributed by atoms with van der Waals surface area (Å²) in [5.41, 5.74) is -0.588. The van der Waals surface area contributed by atoms with E-state index >= 15 is 0 Å². The molecule has 0 atom stereocenters. The van der Waals surface area contributed by atoms with Crippen molar-refractivity contribution in [3.8, 4) is 0 Å². The first-order valence-electron chi connectivity index (χ1n) is 9.30. The molecule has 162 valence electrons. The fraction of sp³-hybridized carbons (Fsp3) is 0.190. The van der Waals surface area contributed by atoms with Gasteiger partial charge in [0.25, 0.3) is 5.91 Å². The van der Waals surface area contributed by atoms with Gasteiger partial charge in [-0.3, -0.25) is 4.79 Å². The second-order valence-electron chi connectivity index (χ2n) is 6.77. The molecule has 2 aromatic carbocycles. The van der Waals surface area contributed by atoms with Gasteiger partial charge in [0.05, 0.1) is 23.1 Å². The Morgan fingerprint density at radius 2 is 1.97 bits per heavy atom. The summed E-state index contributed by atoms with van der Waals surface area (Å²) < 4.78 is 32.2. The Hall–Kier alpha value is -3.02. The quantitative estimate of drug-likeness (QED) is 0.292. The average molecular weight is 540 g/mol. The van der Waals surface area contributed by atoms with Gasteiger partial charge in [-0.05, 0) is 65.8 Å². The van der Waals surface area contributed by atoms with Gasteiger partial charge in [0, 0.05) is 34.7 Å². The molecule has 0 fully saturated rings. The van der Waals surface area contributed by atoms with E-state index in [0.29, 0.717) is 18.7 Å². The summed E-state index contributed by atoms with van der Waals surface area (Å²) in [4.78, 5) is 28.0. The monoisotopic (exact) mass is 540 g/mol. The number of anilines is 2. The van der Waals surface area contributed by atoms with Crippen molar-refractivity contribution in [1.29, 1.82) is 0 Å². The number of imidazole rings is 1. The molecular weight excluding hydrogens is 521 g/mol. The molecule has 0 spiro atoms. The molecule has 0 aliphatic heterocycles. The number of aryl methyl sites for hydroxylation is 2. The molecule has 3 N–H and O–H groups in total. The van der Waals surface area contributed by atoms with Crippen molar-refractivity contribution in [2.45, 2.75) is 19.9 Å². The van der Waals surface area contributed by atoms with Crippen LogP contribution in [-0.2, 0) is 6.54 Å². The third-order valence-electron chi connectivity index (χ3n) is 4.57. The van der Waals surface area contributed by atoms with Gasteiger partial charge >= 0.3 is 5.97 Å². The third kappa shape index (κ3) is 5.37. The first kappa shape index (κ1) is 22.7. The van der Waals surface area contributed by atoms with Gasteiger partial charge in [0.2, 0.25) is 0 Å². The second kappa shape index (κ2) is 9.86. The standard InChI is InChI=1S/C21H19F2IN4O3/c1-12-9-13(24)3-4-16(12)27-19-15(21(30)31)10-14(17(22)18(19)23)20(29)26-5-2-7-28-8-6-25-11-28/h3-4,6,8-11,27H,2,5,7H2,1H3,(H,26,29)(H,30,31). The van der Waals surface area contributed by atoms with Crippen LogP contribution in [0.2, 0.25) is 0 Å². The Kier molecular flexibility index (Phi) is 7.21. The zero-order chi connectivity index (χ0) is 22.5. The molecule has 1 amide bonds. The fourth-order valence-electron chi connectivity index (χ4n) is 2.96. The predicted octanol–water partition coefficient (Wildman–Crippen LogP) is 4.34. The van der Waals surface area contributed by atoms with Gasteiger partial charge in [-0.25, -0.2) is 18.6 Å². The van der Waals surface area contributed by atoms with Crippen molar-refractivity contribution in [1.82, 2.24) is 14.9 Å². The highest BCUT2D eigenvalue weighted by Gasteiger charge is 2.26. The number of aromatic carboxylic acids is 1. The van der Waals surface area contributed by atoms with E-state index in [1.807, 2.05) is 10.6 Å². The number of aromatic nitrogens is 2. The number of carbonyl (C=O) groups is 2. The molecule has 0 radical (unpaired) electrons. The summed E-state index contributed by atoms with van der Waals surface area (Å²) in [6.45, 7) is 2.53. The first-order valence-corrected chi connectivity index (χ1v) is 10.4. The van der Waals surface area contributed by atoms with E-state index < -0.39 is 40.3 Å². The maximum atomic E-state index is 14.8. The first-order chi connectivity index (χ1) is 14.8. The number of rotatable bonds is 8. The largest absolute Gasteiger partial charge is 0.478 e. The normalized spacial score (nSPS) is 10.7. The Labute approximate surface area is 190 Å². The minimum absolute atomic E-state index is 0.197. The lowest BCUT2D eigenvalue weighted by Gasteiger charge is -2.16. The molecule has 0 saturated heterocycles. The fourth-order valence-corrected chi connectivity index (χ4v) is 3.61. The molecule has 3 rings (SSSR count). The lowest BCUT2D eigenvalue weighted by atomic mass is 10.0. The highest BCUT2D eigenvalue weighted by Crippen LogP contribution is 2.30. The maximum absolute atomic E-state index is 14.8. The maximum Gasteiger partial charge on any atom is 0.337 e. The van der Waals surface area contributed by atoms with Crippen molar-refractivity contribution in [2.75, 3.05) is 11.9 Å². The number of halogens is 3. The van der Waals surface area contributed by atoms with Crippen LogP contribution in [-0.4, -0.2) is 33.1 Å². The number of carbonyl (C=O) groups excluding carboxylic acids is 1. The van der Waals surface area contributed by atoms with Gasteiger partial charge in [0.1, 0.15) is 0 Å². The number of amides is 1. The van der Waals surface area contributed by atoms with Crippen LogP contribution in [0, 0.1) is 22.1 Å². The van der Waals surface area contributed by atoms with Crippen LogP contribution in [0.25, 0.3) is 0 Å². The number of carboxylic acid groups (broad SMARTS) is 1. The minimum Gasteiger partial charge on any atom is -0.478 e. The van der Waals surface area contributed by atoms with E-state index in [9.17, 15) is 23.5 Å². The summed E-state index contributed by atoms with van der Waals surface area (Å²) >= 11 is 2.11. The highest BCUT2D eigenvalue weighted by molar-refractivity contribution is 14.1. The van der Waals surface area contributed by atoms with E-state index in [4.69, 9.17) is 0 Å². The number of hydrogen-bond donors (Lipinski definition) is 3. The number of benzene rings is 2. The van der Waals surface area contributed by atoms with Crippen LogP contribution in [0.4, 0.5) is 20.2 Å². The minimum atomic E-state index is -1.49. The van der Waals surface area contributed by atoms with Crippen molar-refractivity contribution >= 4 is 45.8 Å². The average Bonchev–Trinajstić information content (AvgIpc) is 3.24. The van der Waals surface area contributed by atoms with Crippen LogP contribution in [0.5, 0.6) is 0 Å². The third-order valence-corrected chi connectivity index (χ3v) is 5.24. The van der Waals surface area contributed by atoms with Crippen LogP contribution < -0.4 is 10.6 Å². The summed E-state index contributed by atoms with van der Waals surface area (Å²) in [7, 11) is 0. The van der Waals surface area contributed by atoms with E-state index in [0.717, 1.165) is 15.2 Å². The molecule has 7 nitrogen and oxygen atoms in total. The van der Waals surface area contributed by atoms with Crippen molar-refractivity contribution in [3.63, 3.8) is 0 Å². The smallest absolute Gasteiger partial charge is 0.337 e. The second-order valence-corrected chi connectivity index (χ2v) is 8.02. The molecule has 0 unspecified atom stereocenters. The SMILES string of the molecule is Cc1cc(I)ccc1Nc1c(C(=O)O)cc(C(=O)NCCCn2ccnc2)c(F)c1F. The van der Waals surface area contributed by atoms with E-state index in [2.05, 4.69) is 38.2 Å². The van der Waals surface area contributed by atoms with Crippen LogP contribution >= 0.6 is 22.6 Å². The zero-order valence-electron chi connectivity index (χ0n) is 16.5. The summed E-state index contributed by atoms with van der Waals surface area (Å²) in [6, 6.07) is 6.04. The van der Waals surface area contributed by atoms with Gasteiger partial charge < -0.3 is 20.3 Å². The molecule has 1 heterocycles. The molecule has 0 aliphatic carbocycles. The van der Waals surface area contributed by atoms with E-state index in [1.165, 1.54) is 0 Å². The molecule has 1 aromatic heterocycles. The summed E-state index contributed by atoms with van der Waals surface area (Å²) in [5.74, 6) is -5.22. The molecule has 31 heavy (non-hydrogen) atoms. The Morgan fingerprint density at radius 3 is 2.61 bits per heavy atom. The Morgan fingerprint density at radius 1 is 1.19 bits per heavy atom. The number of nitrogens with one attached hydrogen (secondary N) is 2. The topological polar surface area (TPSA) is 96.3 Å².